The molecule has 1 unspecified atom stereocenters. The standard InChI is InChI=1S/C18H28N4O2.HI/c1-15-2-4-16(5-3-15)17(21-6-10-23-11-7-21)14-20-18(19)22-8-12-24-13-9-22;/h2-5,17H,6-14H2,1H3,(H2,19,20);1H. The Bertz CT molecular complexity index is 541. The molecule has 2 heterocycles. The van der Waals surface area contributed by atoms with Gasteiger partial charge in [-0.2, -0.15) is 0 Å². The molecule has 0 saturated carbocycles. The van der Waals surface area contributed by atoms with Crippen LogP contribution in [0.15, 0.2) is 29.3 Å². The second kappa shape index (κ2) is 10.3. The number of rotatable bonds is 4. The Morgan fingerprint density at radius 1 is 1.04 bits per heavy atom. The summed E-state index contributed by atoms with van der Waals surface area (Å²) in [6, 6.07) is 8.98. The van der Waals surface area contributed by atoms with Crippen LogP contribution >= 0.6 is 24.0 Å². The summed E-state index contributed by atoms with van der Waals surface area (Å²) < 4.78 is 10.9. The van der Waals surface area contributed by atoms with Gasteiger partial charge in [-0.1, -0.05) is 29.8 Å². The molecule has 2 fully saturated rings. The molecule has 2 aliphatic rings. The van der Waals surface area contributed by atoms with Gasteiger partial charge in [0.1, 0.15) is 0 Å². The lowest BCUT2D eigenvalue weighted by atomic mass is 10.0. The van der Waals surface area contributed by atoms with Crippen molar-refractivity contribution in [3.63, 3.8) is 0 Å². The van der Waals surface area contributed by atoms with E-state index in [4.69, 9.17) is 20.2 Å². The smallest absolute Gasteiger partial charge is 0.191 e. The minimum atomic E-state index is 0. The Kier molecular flexibility index (Phi) is 8.41. The number of benzene rings is 1. The van der Waals surface area contributed by atoms with Crippen molar-refractivity contribution in [3.8, 4) is 0 Å². The van der Waals surface area contributed by atoms with Gasteiger partial charge >= 0.3 is 0 Å². The maximum Gasteiger partial charge on any atom is 0.191 e. The van der Waals surface area contributed by atoms with E-state index in [1.54, 1.807) is 0 Å². The van der Waals surface area contributed by atoms with Crippen molar-refractivity contribution in [2.75, 3.05) is 59.2 Å². The number of hydrogen-bond acceptors (Lipinski definition) is 4. The van der Waals surface area contributed by atoms with Crippen molar-refractivity contribution in [1.82, 2.24) is 9.80 Å². The molecule has 7 heteroatoms. The number of halogens is 1. The van der Waals surface area contributed by atoms with Crippen molar-refractivity contribution >= 4 is 29.9 Å². The fourth-order valence-corrected chi connectivity index (χ4v) is 3.18. The first-order chi connectivity index (χ1) is 11.7. The van der Waals surface area contributed by atoms with Gasteiger partial charge in [-0.15, -0.1) is 24.0 Å². The molecule has 2 N–H and O–H groups in total. The van der Waals surface area contributed by atoms with Crippen LogP contribution in [0.5, 0.6) is 0 Å². The van der Waals surface area contributed by atoms with E-state index in [0.29, 0.717) is 12.5 Å². The first-order valence-corrected chi connectivity index (χ1v) is 8.75. The van der Waals surface area contributed by atoms with Gasteiger partial charge in [-0.3, -0.25) is 9.89 Å². The van der Waals surface area contributed by atoms with Crippen LogP contribution in [0.1, 0.15) is 17.2 Å². The SMILES string of the molecule is Cc1ccc(C(CN=C(N)N2CCOCC2)N2CCOCC2)cc1.I. The lowest BCUT2D eigenvalue weighted by Gasteiger charge is -2.34. The number of ether oxygens (including phenoxy) is 2. The predicted molar refractivity (Wildman–Crippen MR) is 111 cm³/mol. The first-order valence-electron chi connectivity index (χ1n) is 8.75. The molecule has 2 aliphatic heterocycles. The molecule has 6 nitrogen and oxygen atoms in total. The summed E-state index contributed by atoms with van der Waals surface area (Å²) >= 11 is 0. The van der Waals surface area contributed by atoms with E-state index < -0.39 is 0 Å². The number of aryl methyl sites for hydroxylation is 1. The Morgan fingerprint density at radius 2 is 1.60 bits per heavy atom. The molecule has 0 bridgehead atoms. The molecule has 1 aromatic carbocycles. The Labute approximate surface area is 167 Å². The maximum absolute atomic E-state index is 6.21. The summed E-state index contributed by atoms with van der Waals surface area (Å²) in [5.74, 6) is 0.628. The highest BCUT2D eigenvalue weighted by atomic mass is 127. The predicted octanol–water partition coefficient (Wildman–Crippen LogP) is 1.63. The first kappa shape index (κ1) is 20.4. The van der Waals surface area contributed by atoms with Crippen molar-refractivity contribution in [3.05, 3.63) is 35.4 Å². The fraction of sp³-hybridized carbons (Fsp3) is 0.611. The van der Waals surface area contributed by atoms with E-state index in [2.05, 4.69) is 41.0 Å². The molecule has 140 valence electrons. The molecule has 1 atom stereocenters. The van der Waals surface area contributed by atoms with Gasteiger partial charge in [0.25, 0.3) is 0 Å². The van der Waals surface area contributed by atoms with Crippen LogP contribution in [0.4, 0.5) is 0 Å². The van der Waals surface area contributed by atoms with Crippen LogP contribution in [-0.2, 0) is 9.47 Å². The van der Waals surface area contributed by atoms with Gasteiger partial charge in [0.15, 0.2) is 5.96 Å². The van der Waals surface area contributed by atoms with Gasteiger partial charge in [0.05, 0.1) is 39.0 Å². The number of guanidine groups is 1. The van der Waals surface area contributed by atoms with Crippen LogP contribution in [0.25, 0.3) is 0 Å². The third-order valence-electron chi connectivity index (χ3n) is 4.71. The third kappa shape index (κ3) is 5.80. The minimum Gasteiger partial charge on any atom is -0.379 e. The van der Waals surface area contributed by atoms with Crippen LogP contribution < -0.4 is 5.73 Å². The van der Waals surface area contributed by atoms with E-state index in [1.165, 1.54) is 11.1 Å². The van der Waals surface area contributed by atoms with Crippen molar-refractivity contribution in [2.45, 2.75) is 13.0 Å². The largest absolute Gasteiger partial charge is 0.379 e. The fourth-order valence-electron chi connectivity index (χ4n) is 3.18. The molecule has 0 aromatic heterocycles. The molecular formula is C18H29IN4O2. The van der Waals surface area contributed by atoms with E-state index in [-0.39, 0.29) is 30.0 Å². The Hall–Kier alpha value is -0.900. The van der Waals surface area contributed by atoms with Crippen LogP contribution in [0.3, 0.4) is 0 Å². The number of nitrogens with two attached hydrogens (primary N) is 1. The van der Waals surface area contributed by atoms with Crippen LogP contribution in [0.2, 0.25) is 0 Å². The summed E-state index contributed by atoms with van der Waals surface area (Å²) in [7, 11) is 0. The third-order valence-corrected chi connectivity index (χ3v) is 4.71. The molecule has 0 spiro atoms. The number of hydrogen-bond donors (Lipinski definition) is 1. The summed E-state index contributed by atoms with van der Waals surface area (Å²) in [6.07, 6.45) is 0. The van der Waals surface area contributed by atoms with Crippen LogP contribution in [-0.4, -0.2) is 74.9 Å². The summed E-state index contributed by atoms with van der Waals surface area (Å²) in [4.78, 5) is 9.26. The average molecular weight is 460 g/mol. The molecule has 0 radical (unpaired) electrons. The zero-order valence-electron chi connectivity index (χ0n) is 14.9. The van der Waals surface area contributed by atoms with Gasteiger partial charge < -0.3 is 20.1 Å². The van der Waals surface area contributed by atoms with Gasteiger partial charge in [-0.25, -0.2) is 0 Å². The highest BCUT2D eigenvalue weighted by Crippen LogP contribution is 2.23. The second-order valence-electron chi connectivity index (χ2n) is 6.37. The number of aliphatic imine (C=N–C) groups is 1. The number of nitrogens with zero attached hydrogens (tertiary/aromatic N) is 3. The Morgan fingerprint density at radius 3 is 2.20 bits per heavy atom. The molecule has 0 amide bonds. The zero-order chi connectivity index (χ0) is 16.8. The highest BCUT2D eigenvalue weighted by Gasteiger charge is 2.23. The van der Waals surface area contributed by atoms with Gasteiger partial charge in [0.2, 0.25) is 0 Å². The molecule has 0 aliphatic carbocycles. The molecule has 3 rings (SSSR count). The van der Waals surface area contributed by atoms with E-state index >= 15 is 0 Å². The highest BCUT2D eigenvalue weighted by molar-refractivity contribution is 14.0. The summed E-state index contributed by atoms with van der Waals surface area (Å²) in [5, 5.41) is 0. The van der Waals surface area contributed by atoms with Crippen molar-refractivity contribution < 1.29 is 9.47 Å². The maximum atomic E-state index is 6.21. The summed E-state index contributed by atoms with van der Waals surface area (Å²) in [6.45, 7) is 9.31. The second-order valence-corrected chi connectivity index (χ2v) is 6.37. The van der Waals surface area contributed by atoms with Crippen molar-refractivity contribution in [1.29, 1.82) is 0 Å². The molecule has 25 heavy (non-hydrogen) atoms. The topological polar surface area (TPSA) is 63.3 Å². The quantitative estimate of drug-likeness (QED) is 0.421. The normalized spacial score (nSPS) is 20.8. The van der Waals surface area contributed by atoms with E-state index in [9.17, 15) is 0 Å². The molecule has 2 saturated heterocycles. The van der Waals surface area contributed by atoms with Gasteiger partial charge in [-0.05, 0) is 12.5 Å². The van der Waals surface area contributed by atoms with Crippen molar-refractivity contribution in [2.24, 2.45) is 10.7 Å². The Balaban J connectivity index is 0.00000225. The van der Waals surface area contributed by atoms with Gasteiger partial charge in [0, 0.05) is 26.2 Å². The minimum absolute atomic E-state index is 0. The number of morpholine rings is 2. The summed E-state index contributed by atoms with van der Waals surface area (Å²) in [5.41, 5.74) is 8.77. The molecular weight excluding hydrogens is 431 g/mol. The molecule has 1 aromatic rings. The lowest BCUT2D eigenvalue weighted by Crippen LogP contribution is -2.45. The van der Waals surface area contributed by atoms with E-state index in [0.717, 1.165) is 52.6 Å². The van der Waals surface area contributed by atoms with E-state index in [1.807, 2.05) is 0 Å². The monoisotopic (exact) mass is 460 g/mol. The average Bonchev–Trinajstić information content (AvgIpc) is 2.65. The van der Waals surface area contributed by atoms with Crippen LogP contribution in [0, 0.1) is 6.92 Å². The lowest BCUT2D eigenvalue weighted by molar-refractivity contribution is 0.0178. The zero-order valence-corrected chi connectivity index (χ0v) is 17.2.